The Labute approximate surface area is 78.8 Å². The maximum Gasteiger partial charge on any atom is 0.170 e. The minimum absolute atomic E-state index is 0.580. The SMILES string of the molecule is ClC/C=C/CSc1ncns1. The quantitative estimate of drug-likeness (QED) is 0.430. The summed E-state index contributed by atoms with van der Waals surface area (Å²) in [6.45, 7) is 0. The number of rotatable bonds is 4. The lowest BCUT2D eigenvalue weighted by atomic mass is 10.6. The van der Waals surface area contributed by atoms with Crippen molar-refractivity contribution in [3.05, 3.63) is 18.5 Å². The van der Waals surface area contributed by atoms with E-state index in [9.17, 15) is 0 Å². The maximum absolute atomic E-state index is 5.44. The first-order chi connectivity index (χ1) is 5.43. The molecule has 0 N–H and O–H groups in total. The Morgan fingerprint density at radius 3 is 3.18 bits per heavy atom. The molecule has 0 radical (unpaired) electrons. The lowest BCUT2D eigenvalue weighted by molar-refractivity contribution is 1.22. The number of aromatic nitrogens is 2. The Bertz CT molecular complexity index is 210. The highest BCUT2D eigenvalue weighted by atomic mass is 35.5. The van der Waals surface area contributed by atoms with Gasteiger partial charge in [0.25, 0.3) is 0 Å². The van der Waals surface area contributed by atoms with Crippen LogP contribution in [-0.2, 0) is 0 Å². The number of halogens is 1. The molecule has 0 saturated carbocycles. The first kappa shape index (κ1) is 9.03. The average molecular weight is 207 g/mol. The second-order valence-corrected chi connectivity index (χ2v) is 4.00. The topological polar surface area (TPSA) is 25.8 Å². The summed E-state index contributed by atoms with van der Waals surface area (Å²) in [5, 5.41) is 0. The smallest absolute Gasteiger partial charge is 0.170 e. The van der Waals surface area contributed by atoms with Crippen molar-refractivity contribution in [2.24, 2.45) is 0 Å². The third-order valence-corrected chi connectivity index (χ3v) is 2.83. The van der Waals surface area contributed by atoms with Gasteiger partial charge in [-0.2, -0.15) is 4.37 Å². The van der Waals surface area contributed by atoms with Crippen LogP contribution in [0.5, 0.6) is 0 Å². The molecule has 1 heterocycles. The zero-order valence-corrected chi connectivity index (χ0v) is 8.12. The van der Waals surface area contributed by atoms with Crippen molar-refractivity contribution in [3.63, 3.8) is 0 Å². The highest BCUT2D eigenvalue weighted by molar-refractivity contribution is 8.01. The molecule has 0 amide bonds. The van der Waals surface area contributed by atoms with Gasteiger partial charge in [-0.25, -0.2) is 4.98 Å². The van der Waals surface area contributed by atoms with E-state index in [2.05, 4.69) is 9.36 Å². The van der Waals surface area contributed by atoms with E-state index >= 15 is 0 Å². The Morgan fingerprint density at radius 2 is 2.55 bits per heavy atom. The van der Waals surface area contributed by atoms with Gasteiger partial charge in [-0.1, -0.05) is 23.9 Å². The largest absolute Gasteiger partial charge is 0.216 e. The van der Waals surface area contributed by atoms with Crippen LogP contribution in [0.15, 0.2) is 22.8 Å². The third-order valence-electron chi connectivity index (χ3n) is 0.900. The van der Waals surface area contributed by atoms with E-state index in [0.717, 1.165) is 10.1 Å². The predicted octanol–water partition coefficient (Wildman–Crippen LogP) is 2.43. The van der Waals surface area contributed by atoms with Crippen LogP contribution < -0.4 is 0 Å². The number of hydrogen-bond donors (Lipinski definition) is 0. The van der Waals surface area contributed by atoms with Crippen molar-refractivity contribution in [2.75, 3.05) is 11.6 Å². The third kappa shape index (κ3) is 3.74. The predicted molar refractivity (Wildman–Crippen MR) is 50.5 cm³/mol. The Balaban J connectivity index is 2.19. The van der Waals surface area contributed by atoms with Gasteiger partial charge in [0.15, 0.2) is 4.34 Å². The van der Waals surface area contributed by atoms with E-state index < -0.39 is 0 Å². The van der Waals surface area contributed by atoms with Gasteiger partial charge in [-0.15, -0.1) is 11.6 Å². The highest BCUT2D eigenvalue weighted by Crippen LogP contribution is 2.17. The zero-order valence-electron chi connectivity index (χ0n) is 5.74. The molecule has 0 bridgehead atoms. The van der Waals surface area contributed by atoms with Gasteiger partial charge < -0.3 is 0 Å². The summed E-state index contributed by atoms with van der Waals surface area (Å²) >= 11 is 8.52. The average Bonchev–Trinajstić information content (AvgIpc) is 2.50. The molecule has 0 aromatic carbocycles. The molecule has 0 spiro atoms. The Kier molecular flexibility index (Phi) is 4.58. The molecule has 0 unspecified atom stereocenters. The molecule has 1 rings (SSSR count). The fourth-order valence-electron chi connectivity index (χ4n) is 0.477. The van der Waals surface area contributed by atoms with Crippen molar-refractivity contribution in [2.45, 2.75) is 4.34 Å². The molecule has 0 aliphatic carbocycles. The van der Waals surface area contributed by atoms with Crippen LogP contribution in [0.4, 0.5) is 0 Å². The molecule has 2 nitrogen and oxygen atoms in total. The van der Waals surface area contributed by atoms with E-state index in [1.165, 1.54) is 11.5 Å². The maximum atomic E-state index is 5.44. The first-order valence-corrected chi connectivity index (χ1v) is 5.33. The summed E-state index contributed by atoms with van der Waals surface area (Å²) in [7, 11) is 0. The van der Waals surface area contributed by atoms with Crippen LogP contribution in [0.1, 0.15) is 0 Å². The van der Waals surface area contributed by atoms with Gasteiger partial charge in [0.2, 0.25) is 0 Å². The van der Waals surface area contributed by atoms with Gasteiger partial charge in [-0.05, 0) is 11.5 Å². The molecular weight excluding hydrogens is 200 g/mol. The normalized spacial score (nSPS) is 11.0. The van der Waals surface area contributed by atoms with E-state index in [1.54, 1.807) is 18.1 Å². The number of thioether (sulfide) groups is 1. The fourth-order valence-corrected chi connectivity index (χ4v) is 1.92. The molecule has 0 aliphatic rings. The Morgan fingerprint density at radius 1 is 1.64 bits per heavy atom. The van der Waals surface area contributed by atoms with Crippen molar-refractivity contribution in [3.8, 4) is 0 Å². The molecule has 0 atom stereocenters. The van der Waals surface area contributed by atoms with Crippen molar-refractivity contribution >= 4 is 34.9 Å². The van der Waals surface area contributed by atoms with Crippen LogP contribution in [0.2, 0.25) is 0 Å². The number of allylic oxidation sites excluding steroid dienone is 1. The number of hydrogen-bond acceptors (Lipinski definition) is 4. The van der Waals surface area contributed by atoms with Gasteiger partial charge in [0.05, 0.1) is 0 Å². The van der Waals surface area contributed by atoms with Crippen LogP contribution >= 0.6 is 34.9 Å². The molecule has 60 valence electrons. The molecule has 1 aromatic heterocycles. The van der Waals surface area contributed by atoms with Crippen molar-refractivity contribution in [1.82, 2.24) is 9.36 Å². The minimum Gasteiger partial charge on any atom is -0.216 e. The molecule has 1 aromatic rings. The van der Waals surface area contributed by atoms with Gasteiger partial charge >= 0.3 is 0 Å². The van der Waals surface area contributed by atoms with Crippen LogP contribution in [0.3, 0.4) is 0 Å². The molecule has 0 aliphatic heterocycles. The fraction of sp³-hybridized carbons (Fsp3) is 0.333. The molecular formula is C6H7ClN2S2. The summed E-state index contributed by atoms with van der Waals surface area (Å²) in [5.74, 6) is 1.50. The van der Waals surface area contributed by atoms with Gasteiger partial charge in [0, 0.05) is 11.6 Å². The van der Waals surface area contributed by atoms with E-state index in [0.29, 0.717) is 5.88 Å². The molecule has 0 fully saturated rings. The second-order valence-electron chi connectivity index (χ2n) is 1.64. The first-order valence-electron chi connectivity index (χ1n) is 3.04. The molecule has 5 heteroatoms. The minimum atomic E-state index is 0.580. The van der Waals surface area contributed by atoms with Crippen molar-refractivity contribution < 1.29 is 0 Å². The second kappa shape index (κ2) is 5.57. The highest BCUT2D eigenvalue weighted by Gasteiger charge is 1.92. The van der Waals surface area contributed by atoms with E-state index in [1.807, 2.05) is 12.2 Å². The van der Waals surface area contributed by atoms with Gasteiger partial charge in [0.1, 0.15) is 6.33 Å². The Hall–Kier alpha value is -0.0600. The summed E-state index contributed by atoms with van der Waals surface area (Å²) in [5.41, 5.74) is 0. The summed E-state index contributed by atoms with van der Waals surface area (Å²) in [6.07, 6.45) is 5.52. The molecule has 11 heavy (non-hydrogen) atoms. The van der Waals surface area contributed by atoms with Crippen LogP contribution in [0.25, 0.3) is 0 Å². The summed E-state index contributed by atoms with van der Waals surface area (Å²) in [6, 6.07) is 0. The number of alkyl halides is 1. The lowest BCUT2D eigenvalue weighted by Gasteiger charge is -1.86. The van der Waals surface area contributed by atoms with Crippen LogP contribution in [0, 0.1) is 0 Å². The van der Waals surface area contributed by atoms with E-state index in [-0.39, 0.29) is 0 Å². The lowest BCUT2D eigenvalue weighted by Crippen LogP contribution is -1.71. The van der Waals surface area contributed by atoms with E-state index in [4.69, 9.17) is 11.6 Å². The summed E-state index contributed by atoms with van der Waals surface area (Å²) in [4.78, 5) is 4.02. The van der Waals surface area contributed by atoms with Gasteiger partial charge in [-0.3, -0.25) is 0 Å². The zero-order chi connectivity index (χ0) is 7.94. The van der Waals surface area contributed by atoms with Crippen molar-refractivity contribution in [1.29, 1.82) is 0 Å². The summed E-state index contributed by atoms with van der Waals surface area (Å²) < 4.78 is 4.88. The molecule has 0 saturated heterocycles. The number of nitrogens with zero attached hydrogens (tertiary/aromatic N) is 2. The van der Waals surface area contributed by atoms with Crippen LogP contribution in [-0.4, -0.2) is 21.0 Å². The standard InChI is InChI=1S/C6H7ClN2S2/c7-3-1-2-4-10-6-8-5-9-11-6/h1-2,5H,3-4H2/b2-1+. The monoisotopic (exact) mass is 206 g/mol.